The summed E-state index contributed by atoms with van der Waals surface area (Å²) >= 11 is 0. The average Bonchev–Trinajstić information content (AvgIpc) is 2.58. The van der Waals surface area contributed by atoms with Crippen LogP contribution < -0.4 is 5.30 Å². The largest absolute Gasteiger partial charge is 0.319 e. The Hall–Kier alpha value is -1.45. The highest BCUT2D eigenvalue weighted by Crippen LogP contribution is 2.53. The summed E-state index contributed by atoms with van der Waals surface area (Å²) < 4.78 is 17.7. The lowest BCUT2D eigenvalue weighted by atomic mass is 10.1. The van der Waals surface area contributed by atoms with Gasteiger partial charge < -0.3 is 9.05 Å². The van der Waals surface area contributed by atoms with Gasteiger partial charge in [0.15, 0.2) is 0 Å². The molecule has 0 atom stereocenters. The van der Waals surface area contributed by atoms with Gasteiger partial charge >= 0.3 is 0 Å². The van der Waals surface area contributed by atoms with E-state index in [0.29, 0.717) is 13.2 Å². The molecule has 1 heterocycles. The molecular weight excluding hydrogens is 331 g/mol. The van der Waals surface area contributed by atoms with Crippen molar-refractivity contribution < 1.29 is 9.05 Å². The molecule has 134 valence electrons. The molecule has 25 heavy (non-hydrogen) atoms. The molecule has 2 aromatic rings. The summed E-state index contributed by atoms with van der Waals surface area (Å²) in [6, 6.07) is 20.1. The van der Waals surface area contributed by atoms with E-state index in [-0.39, 0.29) is 5.54 Å². The molecule has 1 aliphatic rings. The topological polar surface area (TPSA) is 34.1 Å². The number of rotatable bonds is 2. The SMILES string of the molecule is CC(C)(C)N1CCOP(=Nc2ccccc2)(c2ccccc2)OCC1. The molecule has 0 radical (unpaired) electrons. The van der Waals surface area contributed by atoms with Crippen LogP contribution in [0.25, 0.3) is 0 Å². The second-order valence-electron chi connectivity index (χ2n) is 7.12. The minimum Gasteiger partial charge on any atom is -0.319 e. The zero-order chi connectivity index (χ0) is 17.8. The van der Waals surface area contributed by atoms with Crippen molar-refractivity contribution in [1.82, 2.24) is 4.90 Å². The minimum atomic E-state index is -2.52. The van der Waals surface area contributed by atoms with Gasteiger partial charge in [-0.15, -0.1) is 0 Å². The fraction of sp³-hybridized carbons (Fsp3) is 0.400. The molecule has 0 saturated carbocycles. The van der Waals surface area contributed by atoms with Gasteiger partial charge in [0.05, 0.1) is 18.9 Å². The molecule has 0 amide bonds. The molecule has 4 nitrogen and oxygen atoms in total. The van der Waals surface area contributed by atoms with Crippen molar-refractivity contribution in [3.8, 4) is 0 Å². The van der Waals surface area contributed by atoms with E-state index < -0.39 is 7.51 Å². The number of hydrogen-bond acceptors (Lipinski definition) is 4. The Morgan fingerprint density at radius 1 is 0.840 bits per heavy atom. The summed E-state index contributed by atoms with van der Waals surface area (Å²) in [6.45, 7) is 9.65. The molecule has 0 N–H and O–H groups in total. The Bertz CT molecular complexity index is 712. The van der Waals surface area contributed by atoms with Crippen molar-refractivity contribution in [3.63, 3.8) is 0 Å². The molecule has 0 spiro atoms. The molecule has 1 fully saturated rings. The molecule has 1 aliphatic heterocycles. The van der Waals surface area contributed by atoms with Crippen LogP contribution in [0.15, 0.2) is 65.4 Å². The number of benzene rings is 2. The van der Waals surface area contributed by atoms with E-state index in [9.17, 15) is 0 Å². The van der Waals surface area contributed by atoms with Crippen LogP contribution >= 0.6 is 7.51 Å². The average molecular weight is 358 g/mol. The molecular formula is C20H27N2O2P. The first-order valence-electron chi connectivity index (χ1n) is 8.77. The Balaban J connectivity index is 1.95. The first-order valence-corrected chi connectivity index (χ1v) is 10.3. The Morgan fingerprint density at radius 2 is 1.36 bits per heavy atom. The summed E-state index contributed by atoms with van der Waals surface area (Å²) in [5, 5.41) is 1.03. The number of nitrogens with zero attached hydrogens (tertiary/aromatic N) is 2. The quantitative estimate of drug-likeness (QED) is 0.722. The maximum absolute atomic E-state index is 6.37. The summed E-state index contributed by atoms with van der Waals surface area (Å²) in [5.41, 5.74) is 1.00. The molecule has 0 unspecified atom stereocenters. The van der Waals surface area contributed by atoms with Crippen LogP contribution in [-0.4, -0.2) is 36.7 Å². The van der Waals surface area contributed by atoms with Gasteiger partial charge in [-0.1, -0.05) is 36.4 Å². The lowest BCUT2D eigenvalue weighted by Gasteiger charge is -2.38. The van der Waals surface area contributed by atoms with Gasteiger partial charge in [-0.25, -0.2) is 4.74 Å². The molecule has 1 saturated heterocycles. The second kappa shape index (κ2) is 7.84. The third-order valence-electron chi connectivity index (χ3n) is 4.29. The van der Waals surface area contributed by atoms with E-state index >= 15 is 0 Å². The molecule has 0 aliphatic carbocycles. The van der Waals surface area contributed by atoms with Gasteiger partial charge in [0.2, 0.25) is 7.51 Å². The maximum atomic E-state index is 6.37. The van der Waals surface area contributed by atoms with Crippen molar-refractivity contribution in [2.75, 3.05) is 26.3 Å². The lowest BCUT2D eigenvalue weighted by Crippen LogP contribution is -2.46. The van der Waals surface area contributed by atoms with E-state index in [2.05, 4.69) is 37.8 Å². The van der Waals surface area contributed by atoms with E-state index in [1.165, 1.54) is 0 Å². The van der Waals surface area contributed by atoms with Gasteiger partial charge in [-0.3, -0.25) is 4.90 Å². The van der Waals surface area contributed by atoms with Crippen molar-refractivity contribution in [3.05, 3.63) is 60.7 Å². The molecule has 5 heteroatoms. The first kappa shape index (κ1) is 18.3. The van der Waals surface area contributed by atoms with Gasteiger partial charge in [-0.2, -0.15) is 0 Å². The van der Waals surface area contributed by atoms with Crippen molar-refractivity contribution in [2.45, 2.75) is 26.3 Å². The normalized spacial score (nSPS) is 19.0. The van der Waals surface area contributed by atoms with Crippen LogP contribution in [0.3, 0.4) is 0 Å². The molecule has 0 aromatic heterocycles. The predicted molar refractivity (Wildman–Crippen MR) is 105 cm³/mol. The summed E-state index contributed by atoms with van der Waals surface area (Å²) in [6.07, 6.45) is 0. The van der Waals surface area contributed by atoms with Crippen LogP contribution in [0.5, 0.6) is 0 Å². The maximum Gasteiger partial charge on any atom is 0.249 e. The van der Waals surface area contributed by atoms with Crippen LogP contribution in [0.1, 0.15) is 20.8 Å². The highest BCUT2D eigenvalue weighted by Gasteiger charge is 2.30. The zero-order valence-electron chi connectivity index (χ0n) is 15.3. The van der Waals surface area contributed by atoms with E-state index in [4.69, 9.17) is 13.8 Å². The second-order valence-corrected chi connectivity index (χ2v) is 9.39. The fourth-order valence-corrected chi connectivity index (χ4v) is 5.15. The molecule has 3 rings (SSSR count). The Labute approximate surface area is 151 Å². The minimum absolute atomic E-state index is 0.106. The van der Waals surface area contributed by atoms with Crippen LogP contribution in [0.4, 0.5) is 5.69 Å². The standard InChI is InChI=1S/C20H27N2O2P/c1-20(2,3)22-14-16-23-25(24-17-15-22,19-12-8-5-9-13-19)21-18-10-6-4-7-11-18/h4-13H,14-17H2,1-3H3. The highest BCUT2D eigenvalue weighted by atomic mass is 31.2. The molecule has 2 aromatic carbocycles. The van der Waals surface area contributed by atoms with E-state index in [0.717, 1.165) is 24.1 Å². The third kappa shape index (κ3) is 4.59. The molecule has 0 bridgehead atoms. The first-order chi connectivity index (χ1) is 12.0. The summed E-state index contributed by atoms with van der Waals surface area (Å²) in [7, 11) is -2.52. The van der Waals surface area contributed by atoms with Crippen LogP contribution in [0.2, 0.25) is 0 Å². The summed E-state index contributed by atoms with van der Waals surface area (Å²) in [4.78, 5) is 2.40. The third-order valence-corrected chi connectivity index (χ3v) is 6.80. The van der Waals surface area contributed by atoms with Crippen molar-refractivity contribution in [2.24, 2.45) is 4.74 Å². The Morgan fingerprint density at radius 3 is 1.88 bits per heavy atom. The van der Waals surface area contributed by atoms with E-state index in [1.807, 2.05) is 48.5 Å². The smallest absolute Gasteiger partial charge is 0.249 e. The number of hydrogen-bond donors (Lipinski definition) is 0. The van der Waals surface area contributed by atoms with Gasteiger partial charge in [0.25, 0.3) is 0 Å². The lowest BCUT2D eigenvalue weighted by molar-refractivity contribution is 0.0732. The van der Waals surface area contributed by atoms with E-state index in [1.54, 1.807) is 0 Å². The fourth-order valence-electron chi connectivity index (χ4n) is 2.90. The van der Waals surface area contributed by atoms with Crippen molar-refractivity contribution in [1.29, 1.82) is 0 Å². The van der Waals surface area contributed by atoms with Crippen LogP contribution in [0, 0.1) is 0 Å². The van der Waals surface area contributed by atoms with Crippen LogP contribution in [-0.2, 0) is 9.05 Å². The van der Waals surface area contributed by atoms with Gasteiger partial charge in [-0.05, 0) is 45.0 Å². The van der Waals surface area contributed by atoms with Gasteiger partial charge in [0, 0.05) is 23.9 Å². The monoisotopic (exact) mass is 358 g/mol. The Kier molecular flexibility index (Phi) is 5.75. The zero-order valence-corrected chi connectivity index (χ0v) is 16.2. The predicted octanol–water partition coefficient (Wildman–Crippen LogP) is 4.82. The highest BCUT2D eigenvalue weighted by molar-refractivity contribution is 7.64. The summed E-state index contributed by atoms with van der Waals surface area (Å²) in [5.74, 6) is 0. The van der Waals surface area contributed by atoms with Crippen molar-refractivity contribution >= 4 is 18.5 Å². The van der Waals surface area contributed by atoms with Gasteiger partial charge in [0.1, 0.15) is 0 Å².